The van der Waals surface area contributed by atoms with Crippen LogP contribution in [0.1, 0.15) is 30.9 Å². The standard InChI is InChI=1S/C13H22N2O/c1-10(2)12-8-11(9-15-7-6-14)4-5-13(12)16-3/h4-5,8,10,15H,6-7,9,14H2,1-3H3. The summed E-state index contributed by atoms with van der Waals surface area (Å²) in [4.78, 5) is 0. The molecule has 0 aromatic heterocycles. The molecule has 0 saturated heterocycles. The molecule has 1 rings (SSSR count). The van der Waals surface area contributed by atoms with E-state index in [9.17, 15) is 0 Å². The maximum Gasteiger partial charge on any atom is 0.122 e. The van der Waals surface area contributed by atoms with Crippen molar-refractivity contribution in [3.05, 3.63) is 29.3 Å². The van der Waals surface area contributed by atoms with E-state index in [2.05, 4.69) is 31.3 Å². The molecule has 1 aromatic carbocycles. The second-order valence-corrected chi connectivity index (χ2v) is 4.20. The largest absolute Gasteiger partial charge is 0.496 e. The van der Waals surface area contributed by atoms with E-state index in [1.165, 1.54) is 11.1 Å². The first kappa shape index (κ1) is 13.0. The number of hydrogen-bond donors (Lipinski definition) is 2. The second kappa shape index (κ2) is 6.51. The molecule has 1 aromatic rings. The van der Waals surface area contributed by atoms with Crippen molar-refractivity contribution >= 4 is 0 Å². The second-order valence-electron chi connectivity index (χ2n) is 4.20. The highest BCUT2D eigenvalue weighted by atomic mass is 16.5. The molecular formula is C13H22N2O. The molecule has 0 atom stereocenters. The van der Waals surface area contributed by atoms with Crippen molar-refractivity contribution in [1.29, 1.82) is 0 Å². The van der Waals surface area contributed by atoms with E-state index in [1.54, 1.807) is 7.11 Å². The molecule has 0 aliphatic heterocycles. The van der Waals surface area contributed by atoms with Crippen LogP contribution >= 0.6 is 0 Å². The highest BCUT2D eigenvalue weighted by Crippen LogP contribution is 2.27. The minimum atomic E-state index is 0.476. The third kappa shape index (κ3) is 3.51. The van der Waals surface area contributed by atoms with Crippen molar-refractivity contribution in [2.45, 2.75) is 26.3 Å². The molecule has 3 nitrogen and oxygen atoms in total. The van der Waals surface area contributed by atoms with Crippen molar-refractivity contribution in [3.8, 4) is 5.75 Å². The highest BCUT2D eigenvalue weighted by Gasteiger charge is 2.07. The normalized spacial score (nSPS) is 10.8. The number of methoxy groups -OCH3 is 1. The van der Waals surface area contributed by atoms with Gasteiger partial charge in [-0.05, 0) is 23.1 Å². The average molecular weight is 222 g/mol. The lowest BCUT2D eigenvalue weighted by Gasteiger charge is -2.13. The van der Waals surface area contributed by atoms with Gasteiger partial charge in [0, 0.05) is 19.6 Å². The van der Waals surface area contributed by atoms with Crippen molar-refractivity contribution in [2.24, 2.45) is 5.73 Å². The zero-order valence-electron chi connectivity index (χ0n) is 10.4. The highest BCUT2D eigenvalue weighted by molar-refractivity contribution is 5.39. The third-order valence-electron chi connectivity index (χ3n) is 2.57. The Morgan fingerprint density at radius 2 is 2.12 bits per heavy atom. The van der Waals surface area contributed by atoms with Crippen LogP contribution < -0.4 is 15.8 Å². The fraction of sp³-hybridized carbons (Fsp3) is 0.538. The Kier molecular flexibility index (Phi) is 5.29. The van der Waals surface area contributed by atoms with Gasteiger partial charge in [-0.3, -0.25) is 0 Å². The van der Waals surface area contributed by atoms with Crippen LogP contribution in [0.5, 0.6) is 5.75 Å². The van der Waals surface area contributed by atoms with E-state index in [1.807, 2.05) is 6.07 Å². The Bertz CT molecular complexity index is 324. The fourth-order valence-electron chi connectivity index (χ4n) is 1.68. The Morgan fingerprint density at radius 1 is 1.38 bits per heavy atom. The SMILES string of the molecule is COc1ccc(CNCCN)cc1C(C)C. The van der Waals surface area contributed by atoms with Gasteiger partial charge in [-0.1, -0.05) is 26.0 Å². The number of hydrogen-bond acceptors (Lipinski definition) is 3. The van der Waals surface area contributed by atoms with E-state index >= 15 is 0 Å². The van der Waals surface area contributed by atoms with Gasteiger partial charge in [-0.15, -0.1) is 0 Å². The molecule has 0 fully saturated rings. The molecule has 0 spiro atoms. The molecule has 0 amide bonds. The average Bonchev–Trinajstić information content (AvgIpc) is 2.29. The first-order valence-corrected chi connectivity index (χ1v) is 5.76. The molecule has 0 aliphatic carbocycles. The topological polar surface area (TPSA) is 47.3 Å². The van der Waals surface area contributed by atoms with Gasteiger partial charge in [-0.2, -0.15) is 0 Å². The van der Waals surface area contributed by atoms with Gasteiger partial charge in [0.2, 0.25) is 0 Å². The summed E-state index contributed by atoms with van der Waals surface area (Å²) < 4.78 is 5.35. The summed E-state index contributed by atoms with van der Waals surface area (Å²) in [6.45, 7) is 6.74. The van der Waals surface area contributed by atoms with Crippen molar-refractivity contribution in [2.75, 3.05) is 20.2 Å². The monoisotopic (exact) mass is 222 g/mol. The molecule has 0 saturated carbocycles. The summed E-state index contributed by atoms with van der Waals surface area (Å²) in [6, 6.07) is 6.33. The molecule has 0 radical (unpaired) electrons. The van der Waals surface area contributed by atoms with Gasteiger partial charge < -0.3 is 15.8 Å². The predicted octanol–water partition coefficient (Wildman–Crippen LogP) is 1.87. The summed E-state index contributed by atoms with van der Waals surface area (Å²) in [6.07, 6.45) is 0. The molecule has 3 N–H and O–H groups in total. The molecule has 90 valence electrons. The molecular weight excluding hydrogens is 200 g/mol. The minimum Gasteiger partial charge on any atom is -0.496 e. The summed E-state index contributed by atoms with van der Waals surface area (Å²) >= 11 is 0. The van der Waals surface area contributed by atoms with Crippen molar-refractivity contribution in [1.82, 2.24) is 5.32 Å². The van der Waals surface area contributed by atoms with Gasteiger partial charge in [0.1, 0.15) is 5.75 Å². The van der Waals surface area contributed by atoms with Crippen LogP contribution in [0.2, 0.25) is 0 Å². The van der Waals surface area contributed by atoms with Crippen LogP contribution in [0.4, 0.5) is 0 Å². The van der Waals surface area contributed by atoms with Crippen molar-refractivity contribution in [3.63, 3.8) is 0 Å². The van der Waals surface area contributed by atoms with Gasteiger partial charge in [0.05, 0.1) is 7.11 Å². The third-order valence-corrected chi connectivity index (χ3v) is 2.57. The molecule has 3 heteroatoms. The van der Waals surface area contributed by atoms with E-state index in [0.717, 1.165) is 18.8 Å². The van der Waals surface area contributed by atoms with Gasteiger partial charge >= 0.3 is 0 Å². The van der Waals surface area contributed by atoms with Crippen LogP contribution in [0, 0.1) is 0 Å². The first-order valence-electron chi connectivity index (χ1n) is 5.76. The number of nitrogens with one attached hydrogen (secondary N) is 1. The lowest BCUT2D eigenvalue weighted by Crippen LogP contribution is -2.21. The Morgan fingerprint density at radius 3 is 2.69 bits per heavy atom. The number of ether oxygens (including phenoxy) is 1. The number of benzene rings is 1. The fourth-order valence-corrected chi connectivity index (χ4v) is 1.68. The van der Waals surface area contributed by atoms with Crippen LogP contribution in [0.15, 0.2) is 18.2 Å². The Balaban J connectivity index is 2.77. The zero-order valence-corrected chi connectivity index (χ0v) is 10.4. The van der Waals surface area contributed by atoms with Crippen LogP contribution in [0.3, 0.4) is 0 Å². The van der Waals surface area contributed by atoms with Gasteiger partial charge in [-0.25, -0.2) is 0 Å². The molecule has 0 unspecified atom stereocenters. The predicted molar refractivity (Wildman–Crippen MR) is 67.8 cm³/mol. The number of nitrogens with two attached hydrogens (primary N) is 1. The Labute approximate surface area is 98.0 Å². The first-order chi connectivity index (χ1) is 7.69. The van der Waals surface area contributed by atoms with Crippen LogP contribution in [-0.4, -0.2) is 20.2 Å². The minimum absolute atomic E-state index is 0.476. The molecule has 0 heterocycles. The quantitative estimate of drug-likeness (QED) is 0.722. The van der Waals surface area contributed by atoms with Gasteiger partial charge in [0.25, 0.3) is 0 Å². The summed E-state index contributed by atoms with van der Waals surface area (Å²) in [5.74, 6) is 1.45. The van der Waals surface area contributed by atoms with Crippen molar-refractivity contribution < 1.29 is 4.74 Å². The van der Waals surface area contributed by atoms with Gasteiger partial charge in [0.15, 0.2) is 0 Å². The summed E-state index contributed by atoms with van der Waals surface area (Å²) in [7, 11) is 1.72. The smallest absolute Gasteiger partial charge is 0.122 e. The maximum absolute atomic E-state index is 5.43. The lowest BCUT2D eigenvalue weighted by atomic mass is 9.99. The van der Waals surface area contributed by atoms with E-state index in [4.69, 9.17) is 10.5 Å². The van der Waals surface area contributed by atoms with E-state index in [0.29, 0.717) is 12.5 Å². The van der Waals surface area contributed by atoms with E-state index in [-0.39, 0.29) is 0 Å². The zero-order chi connectivity index (χ0) is 12.0. The molecule has 0 bridgehead atoms. The molecule has 16 heavy (non-hydrogen) atoms. The maximum atomic E-state index is 5.43. The van der Waals surface area contributed by atoms with Crippen LogP contribution in [-0.2, 0) is 6.54 Å². The molecule has 0 aliphatic rings. The Hall–Kier alpha value is -1.06. The summed E-state index contributed by atoms with van der Waals surface area (Å²) in [5.41, 5.74) is 7.97. The summed E-state index contributed by atoms with van der Waals surface area (Å²) in [5, 5.41) is 3.29. The number of rotatable bonds is 6. The van der Waals surface area contributed by atoms with Crippen LogP contribution in [0.25, 0.3) is 0 Å². The van der Waals surface area contributed by atoms with E-state index < -0.39 is 0 Å². The lowest BCUT2D eigenvalue weighted by molar-refractivity contribution is 0.407.